The van der Waals surface area contributed by atoms with Gasteiger partial charge in [-0.05, 0) is 151 Å². The molecular weight excluding hydrogens is 745 g/mol. The predicted octanol–water partition coefficient (Wildman–Crippen LogP) is 12.8. The van der Waals surface area contributed by atoms with Crippen molar-refractivity contribution >= 4 is 21.9 Å². The normalized spacial score (nSPS) is 17.7. The van der Waals surface area contributed by atoms with Crippen LogP contribution in [0, 0.1) is 18.2 Å². The van der Waals surface area contributed by atoms with Crippen LogP contribution in [-0.2, 0) is 51.1 Å². The number of pyridine rings is 3. The van der Waals surface area contributed by atoms with Crippen LogP contribution in [0.25, 0.3) is 55.7 Å². The Bertz CT molecular complexity index is 3790. The van der Waals surface area contributed by atoms with Gasteiger partial charge in [0.25, 0.3) is 0 Å². The van der Waals surface area contributed by atoms with Gasteiger partial charge in [-0.1, -0.05) is 91.0 Å². The summed E-state index contributed by atoms with van der Waals surface area (Å²) in [5, 5.41) is 10.5. The van der Waals surface area contributed by atoms with E-state index in [4.69, 9.17) is 9.90 Å². The van der Waals surface area contributed by atoms with E-state index in [0.29, 0.717) is 22.3 Å². The molecule has 0 spiro atoms. The van der Waals surface area contributed by atoms with Gasteiger partial charge in [-0.15, -0.1) is 0 Å². The third-order valence-electron chi connectivity index (χ3n) is 10.7. The predicted molar refractivity (Wildman–Crippen MR) is 246 cm³/mol. The first-order chi connectivity index (χ1) is 36.2. The fourth-order valence-corrected chi connectivity index (χ4v) is 7.61. The number of nitrogens with zero attached hydrogens (tertiary/aromatic N) is 4. The van der Waals surface area contributed by atoms with Crippen molar-refractivity contribution in [2.24, 2.45) is 0 Å². The van der Waals surface area contributed by atoms with Gasteiger partial charge in [0.2, 0.25) is 0 Å². The summed E-state index contributed by atoms with van der Waals surface area (Å²) in [5.74, 6) is 0. The molecule has 5 nitrogen and oxygen atoms in total. The number of aryl methyl sites for hydroxylation is 9. The largest absolute Gasteiger partial charge is 0.455 e. The minimum absolute atomic E-state index is 0.115. The fourth-order valence-electron chi connectivity index (χ4n) is 7.61. The number of nitriles is 1. The minimum Gasteiger partial charge on any atom is -0.455 e. The van der Waals surface area contributed by atoms with Gasteiger partial charge in [0.05, 0.1) is 30.1 Å². The Morgan fingerprint density at radius 3 is 1.77 bits per heavy atom. The maximum atomic E-state index is 9.80. The molecule has 0 N–H and O–H groups in total. The average molecular weight is 807 g/mol. The van der Waals surface area contributed by atoms with E-state index in [1.165, 1.54) is 59.9 Å². The van der Waals surface area contributed by atoms with E-state index in [1.807, 2.05) is 24.3 Å². The lowest BCUT2D eigenvalue weighted by Gasteiger charge is -2.12. The van der Waals surface area contributed by atoms with Gasteiger partial charge in [0, 0.05) is 72.2 Å². The fraction of sp³-hybridized carbons (Fsp3) is 0.179. The molecular formula is C56H46N4O. The van der Waals surface area contributed by atoms with Crippen molar-refractivity contribution in [2.45, 2.75) is 64.4 Å². The first kappa shape index (κ1) is 24.2. The second-order valence-corrected chi connectivity index (χ2v) is 14.7. The zero-order chi connectivity index (χ0) is 55.3. The van der Waals surface area contributed by atoms with E-state index < -0.39 is 67.3 Å². The molecule has 1 aliphatic rings. The second kappa shape index (κ2) is 16.8. The minimum atomic E-state index is -3.19. The summed E-state index contributed by atoms with van der Waals surface area (Å²) in [4.78, 5) is 13.4. The number of hydrogen-bond donors (Lipinski definition) is 0. The monoisotopic (exact) mass is 806 g/mol. The molecule has 0 radical (unpaired) electrons. The number of aromatic nitrogens is 3. The maximum absolute atomic E-state index is 9.80. The number of furan rings is 1. The van der Waals surface area contributed by atoms with Crippen LogP contribution < -0.4 is 0 Å². The third kappa shape index (κ3) is 8.10. The summed E-state index contributed by atoms with van der Waals surface area (Å²) < 4.78 is 152. The van der Waals surface area contributed by atoms with Crippen LogP contribution in [0.1, 0.15) is 84.0 Å². The Kier molecular flexibility index (Phi) is 6.67. The van der Waals surface area contributed by atoms with Crippen LogP contribution in [-0.4, -0.2) is 15.0 Å². The van der Waals surface area contributed by atoms with Crippen molar-refractivity contribution in [3.05, 3.63) is 208 Å². The molecule has 5 heteroatoms. The van der Waals surface area contributed by atoms with Gasteiger partial charge in [0.1, 0.15) is 11.2 Å². The van der Waals surface area contributed by atoms with Crippen LogP contribution in [0.3, 0.4) is 0 Å². The third-order valence-corrected chi connectivity index (χ3v) is 10.7. The molecule has 0 unspecified atom stereocenters. The summed E-state index contributed by atoms with van der Waals surface area (Å²) in [6.45, 7) is -2.82. The molecule has 5 aromatic carbocycles. The second-order valence-electron chi connectivity index (χ2n) is 14.7. The number of hydrogen-bond acceptors (Lipinski definition) is 5. The highest BCUT2D eigenvalue weighted by Gasteiger charge is 2.17. The van der Waals surface area contributed by atoms with Gasteiger partial charge < -0.3 is 4.42 Å². The van der Waals surface area contributed by atoms with Crippen LogP contribution in [0.5, 0.6) is 0 Å². The Hall–Kier alpha value is -7.16. The van der Waals surface area contributed by atoms with Gasteiger partial charge >= 0.3 is 0 Å². The highest BCUT2D eigenvalue weighted by molar-refractivity contribution is 6.10. The molecule has 296 valence electrons. The first-order valence-electron chi connectivity index (χ1n) is 27.8. The molecule has 0 atom stereocenters. The molecule has 61 heavy (non-hydrogen) atoms. The molecule has 1 aliphatic carbocycles. The maximum Gasteiger partial charge on any atom is 0.144 e. The first-order valence-corrected chi connectivity index (χ1v) is 19.8. The van der Waals surface area contributed by atoms with E-state index in [1.54, 1.807) is 54.6 Å². The Morgan fingerprint density at radius 2 is 1.16 bits per heavy atom. The van der Waals surface area contributed by atoms with Gasteiger partial charge in [-0.3, -0.25) is 15.0 Å². The van der Waals surface area contributed by atoms with Crippen molar-refractivity contribution in [3.63, 3.8) is 0 Å². The summed E-state index contributed by atoms with van der Waals surface area (Å²) in [5.41, 5.74) is 2.16. The molecule has 0 fully saturated rings. The highest BCUT2D eigenvalue weighted by atomic mass is 16.3. The SMILES string of the molecule is [2H]c1cc2c(oc3c(-c4ccc(C([2H])([2H])C([2H])([2H])c5cc(C([2H])([2H])C([2H])([2H])c6ccc(-c7ccccc7)nc6)cc(C([2H])([2H])C([2H])([2H])c6ccc(-c7ccc8c(c7)CCC8)nc6)c5)cn4)cccc32)c(C([2H])([2H])[2H])c1C#N. The Balaban J connectivity index is 1.05. The summed E-state index contributed by atoms with van der Waals surface area (Å²) in [7, 11) is 0. The van der Waals surface area contributed by atoms with Crippen LogP contribution in [0.4, 0.5) is 0 Å². The zero-order valence-electron chi connectivity index (χ0n) is 48.7. The summed E-state index contributed by atoms with van der Waals surface area (Å²) in [6.07, 6.45) is -12.0. The molecule has 0 saturated carbocycles. The van der Waals surface area contributed by atoms with Gasteiger partial charge in [-0.2, -0.15) is 5.26 Å². The lowest BCUT2D eigenvalue weighted by Crippen LogP contribution is -2.01. The molecule has 0 amide bonds. The average Bonchev–Trinajstić information content (AvgIpc) is 4.06. The van der Waals surface area contributed by atoms with Crippen molar-refractivity contribution in [1.29, 1.82) is 5.26 Å². The quantitative estimate of drug-likeness (QED) is 0.123. The van der Waals surface area contributed by atoms with Gasteiger partial charge in [0.15, 0.2) is 0 Å². The molecule has 0 bridgehead atoms. The lowest BCUT2D eigenvalue weighted by molar-refractivity contribution is 0.666. The van der Waals surface area contributed by atoms with E-state index in [0.717, 1.165) is 54.8 Å². The number of fused-ring (bicyclic) bond motifs is 4. The van der Waals surface area contributed by atoms with Gasteiger partial charge in [-0.25, -0.2) is 0 Å². The molecule has 10 rings (SSSR count). The van der Waals surface area contributed by atoms with E-state index in [9.17, 15) is 21.7 Å². The summed E-state index contributed by atoms with van der Waals surface area (Å²) >= 11 is 0. The molecule has 4 heterocycles. The van der Waals surface area contributed by atoms with Crippen LogP contribution >= 0.6 is 0 Å². The van der Waals surface area contributed by atoms with E-state index >= 15 is 0 Å². The Morgan fingerprint density at radius 1 is 0.574 bits per heavy atom. The molecule has 4 aromatic heterocycles. The van der Waals surface area contributed by atoms with Crippen molar-refractivity contribution in [1.82, 2.24) is 15.0 Å². The number of benzene rings is 5. The number of para-hydroxylation sites is 1. The standard InChI is InChI=1S/C56H46N4O/c1-37-48(33-57)24-25-50-49-11-6-12-51(56(49)61-55(37)50)54-28-21-40(36-60-54)15-18-43-30-41(16-13-38-19-26-52(58-34-38)45-7-3-2-4-8-45)29-42(31-43)17-14-39-20-27-53(59-35-39)47-23-22-44-9-5-10-46(44)32-47/h2-4,6-8,11-12,19-32,34-36H,5,9-10,13-18H2,1H3/i1D3,13D2,14D2,15D2,16D2,17D2,18D2,24D. The van der Waals surface area contributed by atoms with Crippen LogP contribution in [0.15, 0.2) is 156 Å². The highest BCUT2D eigenvalue weighted by Crippen LogP contribution is 2.37. The zero-order valence-corrected chi connectivity index (χ0v) is 32.7. The molecule has 0 saturated heterocycles. The smallest absolute Gasteiger partial charge is 0.144 e. The lowest BCUT2D eigenvalue weighted by atomic mass is 9.94. The van der Waals surface area contributed by atoms with Crippen molar-refractivity contribution in [3.8, 4) is 39.8 Å². The van der Waals surface area contributed by atoms with E-state index in [2.05, 4.69) is 15.0 Å². The van der Waals surface area contributed by atoms with E-state index in [-0.39, 0.29) is 50.5 Å². The summed E-state index contributed by atoms with van der Waals surface area (Å²) in [6, 6.07) is 34.1. The topological polar surface area (TPSA) is 75.6 Å². The van der Waals surface area contributed by atoms with Crippen molar-refractivity contribution < 1.29 is 26.3 Å². The number of rotatable bonds is 12. The van der Waals surface area contributed by atoms with Crippen molar-refractivity contribution in [2.75, 3.05) is 0 Å². The Labute approximate surface area is 379 Å². The molecule has 0 aliphatic heterocycles. The molecule has 9 aromatic rings. The van der Waals surface area contributed by atoms with Crippen LogP contribution in [0.2, 0.25) is 0 Å².